The van der Waals surface area contributed by atoms with Crippen molar-refractivity contribution in [3.63, 3.8) is 0 Å². The van der Waals surface area contributed by atoms with Crippen molar-refractivity contribution in [2.45, 2.75) is 6.54 Å². The zero-order valence-electron chi connectivity index (χ0n) is 8.96. The topological polar surface area (TPSA) is 62.4 Å². The highest BCUT2D eigenvalue weighted by Crippen LogP contribution is 2.19. The molecule has 2 aromatic heterocycles. The van der Waals surface area contributed by atoms with Crippen LogP contribution in [0.25, 0.3) is 11.5 Å². The van der Waals surface area contributed by atoms with Crippen molar-refractivity contribution in [3.8, 4) is 11.5 Å². The fraction of sp³-hybridized carbons (Fsp3) is 0.400. The minimum Gasteiger partial charge on any atom is -0.395 e. The monoisotopic (exact) mass is 239 g/mol. The molecule has 0 aliphatic carbocycles. The zero-order chi connectivity index (χ0) is 11.4. The molecule has 2 heterocycles. The number of thiophene rings is 1. The summed E-state index contributed by atoms with van der Waals surface area (Å²) >= 11 is 1.59. The lowest BCUT2D eigenvalue weighted by atomic mass is 10.3. The molecule has 86 valence electrons. The molecule has 5 nitrogen and oxygen atoms in total. The summed E-state index contributed by atoms with van der Waals surface area (Å²) in [5, 5.41) is 16.6. The third kappa shape index (κ3) is 2.66. The van der Waals surface area contributed by atoms with E-state index >= 15 is 0 Å². The lowest BCUT2D eigenvalue weighted by molar-refractivity contribution is 0.213. The van der Waals surface area contributed by atoms with Crippen LogP contribution in [0.4, 0.5) is 0 Å². The molecule has 6 heteroatoms. The molecule has 0 unspecified atom stereocenters. The van der Waals surface area contributed by atoms with Gasteiger partial charge in [-0.25, -0.2) is 0 Å². The van der Waals surface area contributed by atoms with Gasteiger partial charge in [0.25, 0.3) is 5.89 Å². The summed E-state index contributed by atoms with van der Waals surface area (Å²) in [5.41, 5.74) is 0.952. The Morgan fingerprint density at radius 3 is 3.12 bits per heavy atom. The van der Waals surface area contributed by atoms with Crippen molar-refractivity contribution in [2.75, 3.05) is 20.2 Å². The Morgan fingerprint density at radius 1 is 1.56 bits per heavy atom. The molecule has 0 aliphatic rings. The van der Waals surface area contributed by atoms with Gasteiger partial charge in [0.1, 0.15) is 0 Å². The van der Waals surface area contributed by atoms with Crippen LogP contribution >= 0.6 is 11.3 Å². The van der Waals surface area contributed by atoms with Crippen LogP contribution in [0.1, 0.15) is 5.82 Å². The third-order valence-corrected chi connectivity index (χ3v) is 2.81. The summed E-state index contributed by atoms with van der Waals surface area (Å²) in [6, 6.07) is 1.94. The van der Waals surface area contributed by atoms with Crippen molar-refractivity contribution in [2.24, 2.45) is 0 Å². The fourth-order valence-electron chi connectivity index (χ4n) is 1.31. The molecule has 2 aromatic rings. The Hall–Kier alpha value is -1.24. The summed E-state index contributed by atoms with van der Waals surface area (Å²) in [4.78, 5) is 6.21. The van der Waals surface area contributed by atoms with Crippen molar-refractivity contribution in [1.82, 2.24) is 15.0 Å². The molecule has 1 N–H and O–H groups in total. The summed E-state index contributed by atoms with van der Waals surface area (Å²) in [7, 11) is 1.90. The van der Waals surface area contributed by atoms with E-state index in [1.807, 2.05) is 28.8 Å². The number of likely N-dealkylation sites (N-methyl/N-ethyl adjacent to an activating group) is 1. The molecule has 0 spiro atoms. The van der Waals surface area contributed by atoms with Gasteiger partial charge in [-0.05, 0) is 18.5 Å². The Balaban J connectivity index is 2.03. The quantitative estimate of drug-likeness (QED) is 0.850. The lowest BCUT2D eigenvalue weighted by Crippen LogP contribution is -2.22. The Kier molecular flexibility index (Phi) is 3.66. The van der Waals surface area contributed by atoms with Crippen LogP contribution in [-0.2, 0) is 6.54 Å². The first-order valence-electron chi connectivity index (χ1n) is 4.94. The van der Waals surface area contributed by atoms with Gasteiger partial charge in [-0.1, -0.05) is 5.16 Å². The van der Waals surface area contributed by atoms with Crippen LogP contribution in [0.3, 0.4) is 0 Å². The minimum atomic E-state index is 0.131. The van der Waals surface area contributed by atoms with E-state index in [1.165, 1.54) is 0 Å². The van der Waals surface area contributed by atoms with Gasteiger partial charge in [-0.3, -0.25) is 4.90 Å². The smallest absolute Gasteiger partial charge is 0.258 e. The average Bonchev–Trinajstić information content (AvgIpc) is 2.86. The number of hydrogen-bond donors (Lipinski definition) is 1. The minimum absolute atomic E-state index is 0.131. The highest BCUT2D eigenvalue weighted by Gasteiger charge is 2.10. The second-order valence-electron chi connectivity index (χ2n) is 3.49. The van der Waals surface area contributed by atoms with Crippen molar-refractivity contribution in [1.29, 1.82) is 0 Å². The van der Waals surface area contributed by atoms with E-state index in [-0.39, 0.29) is 6.61 Å². The Labute approximate surface area is 97.3 Å². The number of rotatable bonds is 5. The van der Waals surface area contributed by atoms with Gasteiger partial charge in [-0.2, -0.15) is 16.3 Å². The molecule has 0 atom stereocenters. The average molecular weight is 239 g/mol. The maximum absolute atomic E-state index is 8.77. The number of aliphatic hydroxyl groups is 1. The summed E-state index contributed by atoms with van der Waals surface area (Å²) in [5.74, 6) is 1.19. The van der Waals surface area contributed by atoms with Crippen LogP contribution in [0.5, 0.6) is 0 Å². The molecule has 0 fully saturated rings. The first kappa shape index (κ1) is 11.3. The summed E-state index contributed by atoms with van der Waals surface area (Å²) < 4.78 is 5.14. The first-order chi connectivity index (χ1) is 7.79. The standard InChI is InChI=1S/C10H13N3O2S/c1-13(3-4-14)6-9-11-10(15-12-9)8-2-5-16-7-8/h2,5,7,14H,3-4,6H2,1H3. The van der Waals surface area contributed by atoms with Crippen molar-refractivity contribution in [3.05, 3.63) is 22.7 Å². The highest BCUT2D eigenvalue weighted by atomic mass is 32.1. The second kappa shape index (κ2) is 5.20. The van der Waals surface area contributed by atoms with Crippen LogP contribution in [-0.4, -0.2) is 40.3 Å². The van der Waals surface area contributed by atoms with E-state index in [0.29, 0.717) is 24.8 Å². The molecular weight excluding hydrogens is 226 g/mol. The van der Waals surface area contributed by atoms with E-state index in [1.54, 1.807) is 11.3 Å². The molecule has 2 rings (SSSR count). The number of nitrogens with zero attached hydrogens (tertiary/aromatic N) is 3. The number of aromatic nitrogens is 2. The predicted octanol–water partition coefficient (Wildman–Crippen LogP) is 1.22. The summed E-state index contributed by atoms with van der Waals surface area (Å²) in [6.45, 7) is 1.31. The fourth-order valence-corrected chi connectivity index (χ4v) is 1.94. The largest absolute Gasteiger partial charge is 0.395 e. The molecule has 0 bridgehead atoms. The highest BCUT2D eigenvalue weighted by molar-refractivity contribution is 7.08. The lowest BCUT2D eigenvalue weighted by Gasteiger charge is -2.11. The first-order valence-corrected chi connectivity index (χ1v) is 5.88. The number of hydrogen-bond acceptors (Lipinski definition) is 6. The molecule has 0 radical (unpaired) electrons. The molecule has 0 amide bonds. The van der Waals surface area contributed by atoms with E-state index in [2.05, 4.69) is 10.1 Å². The predicted molar refractivity (Wildman–Crippen MR) is 61.0 cm³/mol. The zero-order valence-corrected chi connectivity index (χ0v) is 9.78. The summed E-state index contributed by atoms with van der Waals surface area (Å²) in [6.07, 6.45) is 0. The van der Waals surface area contributed by atoms with Gasteiger partial charge in [0.15, 0.2) is 5.82 Å². The Morgan fingerprint density at radius 2 is 2.44 bits per heavy atom. The van der Waals surface area contributed by atoms with Gasteiger partial charge in [-0.15, -0.1) is 0 Å². The molecule has 0 saturated carbocycles. The normalized spacial score (nSPS) is 11.2. The third-order valence-electron chi connectivity index (χ3n) is 2.13. The number of aliphatic hydroxyl groups excluding tert-OH is 1. The maximum Gasteiger partial charge on any atom is 0.258 e. The Bertz CT molecular complexity index is 427. The molecular formula is C10H13N3O2S. The van der Waals surface area contributed by atoms with E-state index in [0.717, 1.165) is 5.56 Å². The van der Waals surface area contributed by atoms with Crippen LogP contribution in [0, 0.1) is 0 Å². The molecule has 0 aliphatic heterocycles. The van der Waals surface area contributed by atoms with E-state index in [4.69, 9.17) is 9.63 Å². The van der Waals surface area contributed by atoms with Crippen molar-refractivity contribution >= 4 is 11.3 Å². The van der Waals surface area contributed by atoms with Crippen LogP contribution in [0.15, 0.2) is 21.3 Å². The van der Waals surface area contributed by atoms with Gasteiger partial charge in [0.2, 0.25) is 0 Å². The molecule has 0 aromatic carbocycles. The van der Waals surface area contributed by atoms with Gasteiger partial charge in [0.05, 0.1) is 18.7 Å². The molecule has 0 saturated heterocycles. The van der Waals surface area contributed by atoms with Gasteiger partial charge < -0.3 is 9.63 Å². The maximum atomic E-state index is 8.77. The SMILES string of the molecule is CN(CCO)Cc1noc(-c2ccsc2)n1. The second-order valence-corrected chi connectivity index (χ2v) is 4.27. The van der Waals surface area contributed by atoms with Crippen molar-refractivity contribution < 1.29 is 9.63 Å². The van der Waals surface area contributed by atoms with Gasteiger partial charge in [0, 0.05) is 11.9 Å². The molecule has 16 heavy (non-hydrogen) atoms. The van der Waals surface area contributed by atoms with Gasteiger partial charge >= 0.3 is 0 Å². The van der Waals surface area contributed by atoms with Crippen LogP contribution in [0.2, 0.25) is 0 Å². The van der Waals surface area contributed by atoms with Crippen LogP contribution < -0.4 is 0 Å². The van der Waals surface area contributed by atoms with E-state index < -0.39 is 0 Å². The van der Waals surface area contributed by atoms with E-state index in [9.17, 15) is 0 Å².